The van der Waals surface area contributed by atoms with Gasteiger partial charge in [0.2, 0.25) is 0 Å². The predicted molar refractivity (Wildman–Crippen MR) is 63.0 cm³/mol. The summed E-state index contributed by atoms with van der Waals surface area (Å²) in [6.07, 6.45) is 0.147. The number of rotatable bonds is 9. The normalized spacial score (nSPS) is 15.6. The van der Waals surface area contributed by atoms with Gasteiger partial charge in [-0.1, -0.05) is 13.8 Å². The van der Waals surface area contributed by atoms with Crippen LogP contribution in [0.15, 0.2) is 0 Å². The van der Waals surface area contributed by atoms with Crippen molar-refractivity contribution in [2.45, 2.75) is 39.4 Å². The zero-order chi connectivity index (χ0) is 11.7. The van der Waals surface area contributed by atoms with Crippen LogP contribution in [0, 0.1) is 0 Å². The molecule has 15 heavy (non-hydrogen) atoms. The van der Waals surface area contributed by atoms with Crippen molar-refractivity contribution in [3.05, 3.63) is 0 Å². The summed E-state index contributed by atoms with van der Waals surface area (Å²) in [7, 11) is 0. The Kier molecular flexibility index (Phi) is 9.00. The van der Waals surface area contributed by atoms with Crippen molar-refractivity contribution in [2.75, 3.05) is 32.7 Å². The van der Waals surface area contributed by atoms with Gasteiger partial charge in [0.25, 0.3) is 0 Å². The number of hydrogen-bond acceptors (Lipinski definition) is 4. The number of nitrogens with one attached hydrogen (secondary N) is 1. The van der Waals surface area contributed by atoms with E-state index < -0.39 is 0 Å². The van der Waals surface area contributed by atoms with Crippen LogP contribution in [-0.2, 0) is 0 Å². The van der Waals surface area contributed by atoms with Gasteiger partial charge in [0.1, 0.15) is 0 Å². The molecule has 0 aromatic heterocycles. The summed E-state index contributed by atoms with van der Waals surface area (Å²) in [5.41, 5.74) is 0. The maximum atomic E-state index is 9.68. The quantitative estimate of drug-likeness (QED) is 0.479. The molecule has 0 heterocycles. The van der Waals surface area contributed by atoms with E-state index in [-0.39, 0.29) is 12.2 Å². The zero-order valence-electron chi connectivity index (χ0n) is 10.2. The number of aliphatic hydroxyl groups excluding tert-OH is 2. The summed E-state index contributed by atoms with van der Waals surface area (Å²) in [4.78, 5) is 2.20. The molecule has 0 rings (SSSR count). The highest BCUT2D eigenvalue weighted by atomic mass is 16.3. The van der Waals surface area contributed by atoms with Gasteiger partial charge in [-0.25, -0.2) is 0 Å². The summed E-state index contributed by atoms with van der Waals surface area (Å²) in [6, 6.07) is 0. The Labute approximate surface area is 93.3 Å². The van der Waals surface area contributed by atoms with Crippen LogP contribution in [0.2, 0.25) is 0 Å². The second-order valence-electron chi connectivity index (χ2n) is 3.98. The summed E-state index contributed by atoms with van der Waals surface area (Å²) < 4.78 is 0. The molecule has 0 fully saturated rings. The van der Waals surface area contributed by atoms with Gasteiger partial charge in [-0.05, 0) is 33.0 Å². The topological polar surface area (TPSA) is 55.7 Å². The van der Waals surface area contributed by atoms with E-state index >= 15 is 0 Å². The van der Waals surface area contributed by atoms with E-state index in [4.69, 9.17) is 5.11 Å². The first-order valence-corrected chi connectivity index (χ1v) is 5.89. The average molecular weight is 218 g/mol. The van der Waals surface area contributed by atoms with Crippen molar-refractivity contribution in [1.29, 1.82) is 0 Å². The van der Waals surface area contributed by atoms with Crippen molar-refractivity contribution in [1.82, 2.24) is 10.2 Å². The molecule has 4 heteroatoms. The fraction of sp³-hybridized carbons (Fsp3) is 1.00. The minimum absolute atomic E-state index is 0.266. The molecule has 2 unspecified atom stereocenters. The summed E-state index contributed by atoms with van der Waals surface area (Å²) in [5, 5.41) is 21.8. The Hall–Kier alpha value is -0.160. The summed E-state index contributed by atoms with van der Waals surface area (Å²) >= 11 is 0. The molecule has 0 aromatic rings. The smallest absolute Gasteiger partial charge is 0.0791 e. The number of likely N-dealkylation sites (N-methyl/N-ethyl adjacent to an activating group) is 1. The van der Waals surface area contributed by atoms with Crippen LogP contribution in [-0.4, -0.2) is 60.0 Å². The molecule has 0 saturated heterocycles. The SMILES string of the molecule is CCN(CC)CC(O)CNCCC(C)O. The minimum atomic E-state index is -0.320. The Morgan fingerprint density at radius 3 is 2.27 bits per heavy atom. The van der Waals surface area contributed by atoms with Gasteiger partial charge in [-0.2, -0.15) is 0 Å². The van der Waals surface area contributed by atoms with Crippen LogP contribution in [0.5, 0.6) is 0 Å². The monoisotopic (exact) mass is 218 g/mol. The third-order valence-corrected chi connectivity index (χ3v) is 2.48. The lowest BCUT2D eigenvalue weighted by atomic mass is 10.2. The molecule has 0 bridgehead atoms. The van der Waals surface area contributed by atoms with Crippen molar-refractivity contribution >= 4 is 0 Å². The molecule has 4 nitrogen and oxygen atoms in total. The number of hydrogen-bond donors (Lipinski definition) is 3. The van der Waals surface area contributed by atoms with Crippen LogP contribution in [0.3, 0.4) is 0 Å². The van der Waals surface area contributed by atoms with Gasteiger partial charge >= 0.3 is 0 Å². The van der Waals surface area contributed by atoms with Gasteiger partial charge in [-0.15, -0.1) is 0 Å². The molecular weight excluding hydrogens is 192 g/mol. The van der Waals surface area contributed by atoms with E-state index in [0.717, 1.165) is 26.1 Å². The molecule has 0 aliphatic rings. The summed E-state index contributed by atoms with van der Waals surface area (Å²) in [6.45, 7) is 9.98. The largest absolute Gasteiger partial charge is 0.393 e. The average Bonchev–Trinajstić information content (AvgIpc) is 2.20. The van der Waals surface area contributed by atoms with Crippen molar-refractivity contribution in [2.24, 2.45) is 0 Å². The van der Waals surface area contributed by atoms with Gasteiger partial charge in [0, 0.05) is 13.1 Å². The van der Waals surface area contributed by atoms with Gasteiger partial charge in [-0.3, -0.25) is 0 Å². The van der Waals surface area contributed by atoms with Crippen LogP contribution in [0.4, 0.5) is 0 Å². The zero-order valence-corrected chi connectivity index (χ0v) is 10.2. The van der Waals surface area contributed by atoms with Crippen molar-refractivity contribution in [3.8, 4) is 0 Å². The first kappa shape index (κ1) is 14.8. The Balaban J connectivity index is 3.43. The maximum absolute atomic E-state index is 9.68. The van der Waals surface area contributed by atoms with E-state index in [1.54, 1.807) is 6.92 Å². The highest BCUT2D eigenvalue weighted by Crippen LogP contribution is 1.92. The van der Waals surface area contributed by atoms with Gasteiger partial charge in [0.05, 0.1) is 12.2 Å². The summed E-state index contributed by atoms with van der Waals surface area (Å²) in [5.74, 6) is 0. The lowest BCUT2D eigenvalue weighted by Gasteiger charge is -2.22. The first-order chi connectivity index (χ1) is 7.10. The Morgan fingerprint density at radius 2 is 1.80 bits per heavy atom. The van der Waals surface area contributed by atoms with Crippen LogP contribution >= 0.6 is 0 Å². The molecule has 0 saturated carbocycles. The van der Waals surface area contributed by atoms with Crippen molar-refractivity contribution in [3.63, 3.8) is 0 Å². The standard InChI is InChI=1S/C11H26N2O2/c1-4-13(5-2)9-11(15)8-12-7-6-10(3)14/h10-12,14-15H,4-9H2,1-3H3. The fourth-order valence-electron chi connectivity index (χ4n) is 1.42. The molecule has 0 amide bonds. The van der Waals surface area contributed by atoms with E-state index in [9.17, 15) is 5.11 Å². The van der Waals surface area contributed by atoms with Crippen molar-refractivity contribution < 1.29 is 10.2 Å². The number of nitrogens with zero attached hydrogens (tertiary/aromatic N) is 1. The van der Waals surface area contributed by atoms with E-state index in [1.165, 1.54) is 0 Å². The molecule has 0 spiro atoms. The second-order valence-corrected chi connectivity index (χ2v) is 3.98. The Morgan fingerprint density at radius 1 is 1.20 bits per heavy atom. The lowest BCUT2D eigenvalue weighted by molar-refractivity contribution is 0.114. The highest BCUT2D eigenvalue weighted by Gasteiger charge is 2.08. The molecular formula is C11H26N2O2. The van der Waals surface area contributed by atoms with Gasteiger partial charge < -0.3 is 20.4 Å². The molecule has 3 N–H and O–H groups in total. The van der Waals surface area contributed by atoms with Crippen LogP contribution < -0.4 is 5.32 Å². The lowest BCUT2D eigenvalue weighted by Crippen LogP contribution is -2.38. The second kappa shape index (κ2) is 9.09. The number of aliphatic hydroxyl groups is 2. The third-order valence-electron chi connectivity index (χ3n) is 2.48. The fourth-order valence-corrected chi connectivity index (χ4v) is 1.42. The van der Waals surface area contributed by atoms with E-state index in [2.05, 4.69) is 24.1 Å². The highest BCUT2D eigenvalue weighted by molar-refractivity contribution is 4.65. The minimum Gasteiger partial charge on any atom is -0.393 e. The van der Waals surface area contributed by atoms with E-state index in [0.29, 0.717) is 13.1 Å². The first-order valence-electron chi connectivity index (χ1n) is 5.89. The molecule has 0 aromatic carbocycles. The predicted octanol–water partition coefficient (Wildman–Crippen LogP) is 0.0496. The molecule has 0 aliphatic carbocycles. The molecule has 0 aliphatic heterocycles. The molecule has 0 radical (unpaired) electrons. The molecule has 92 valence electrons. The Bertz CT molecular complexity index is 139. The third kappa shape index (κ3) is 8.81. The van der Waals surface area contributed by atoms with Gasteiger partial charge in [0.15, 0.2) is 0 Å². The van der Waals surface area contributed by atoms with E-state index in [1.807, 2.05) is 0 Å². The maximum Gasteiger partial charge on any atom is 0.0791 e. The van der Waals surface area contributed by atoms with Crippen LogP contribution in [0.1, 0.15) is 27.2 Å². The van der Waals surface area contributed by atoms with Crippen LogP contribution in [0.25, 0.3) is 0 Å². The molecule has 2 atom stereocenters.